The van der Waals surface area contributed by atoms with E-state index in [2.05, 4.69) is 28.9 Å². The number of benzene rings is 2. The van der Waals surface area contributed by atoms with E-state index in [0.29, 0.717) is 18.3 Å². The normalized spacial score (nSPS) is 18.8. The van der Waals surface area contributed by atoms with Crippen LogP contribution < -0.4 is 9.80 Å². The molecule has 0 bridgehead atoms. The lowest BCUT2D eigenvalue weighted by molar-refractivity contribution is 0.0603. The Hall–Kier alpha value is -2.12. The zero-order valence-corrected chi connectivity index (χ0v) is 22.0. The number of nitrogens with zero attached hydrogens (tertiary/aromatic N) is 3. The number of aliphatic hydroxyl groups excluding tert-OH is 1. The van der Waals surface area contributed by atoms with Crippen molar-refractivity contribution < 1.29 is 15.1 Å². The second-order valence-electron chi connectivity index (χ2n) is 10.4. The first-order valence-corrected chi connectivity index (χ1v) is 14.1. The minimum atomic E-state index is 0.256. The van der Waals surface area contributed by atoms with Gasteiger partial charge < -0.3 is 9.84 Å². The van der Waals surface area contributed by atoms with Crippen LogP contribution in [0.3, 0.4) is 0 Å². The van der Waals surface area contributed by atoms with E-state index in [1.165, 1.54) is 55.8 Å². The van der Waals surface area contributed by atoms with Gasteiger partial charge in [-0.05, 0) is 68.9 Å². The van der Waals surface area contributed by atoms with Crippen molar-refractivity contribution in [2.24, 2.45) is 0 Å². The van der Waals surface area contributed by atoms with Crippen LogP contribution in [0.4, 0.5) is 11.4 Å². The highest BCUT2D eigenvalue weighted by Crippen LogP contribution is 2.30. The summed E-state index contributed by atoms with van der Waals surface area (Å²) >= 11 is 0. The van der Waals surface area contributed by atoms with E-state index < -0.39 is 0 Å². The quantitative estimate of drug-likeness (QED) is 0.272. The molecule has 0 aromatic heterocycles. The van der Waals surface area contributed by atoms with Crippen molar-refractivity contribution in [1.82, 2.24) is 9.80 Å². The molecule has 2 aromatic carbocycles. The maximum Gasteiger partial charge on any atom is 0.121 e. The van der Waals surface area contributed by atoms with Crippen molar-refractivity contribution in [3.05, 3.63) is 54.1 Å². The molecule has 2 fully saturated rings. The lowest BCUT2D eigenvalue weighted by atomic mass is 9.93. The Kier molecular flexibility index (Phi) is 10.5. The summed E-state index contributed by atoms with van der Waals surface area (Å²) in [7, 11) is 0. The van der Waals surface area contributed by atoms with Crippen LogP contribution in [0.1, 0.15) is 76.3 Å². The van der Waals surface area contributed by atoms with Gasteiger partial charge in [0.05, 0.1) is 18.0 Å². The van der Waals surface area contributed by atoms with E-state index in [1.54, 1.807) is 0 Å². The van der Waals surface area contributed by atoms with Crippen LogP contribution in [0.15, 0.2) is 48.5 Å². The van der Waals surface area contributed by atoms with Gasteiger partial charge in [0.15, 0.2) is 0 Å². The van der Waals surface area contributed by atoms with Crippen LogP contribution in [-0.2, 0) is 0 Å². The average molecular weight is 496 g/mol. The predicted octanol–water partition coefficient (Wildman–Crippen LogP) is 6.16. The Morgan fingerprint density at radius 1 is 0.889 bits per heavy atom. The summed E-state index contributed by atoms with van der Waals surface area (Å²) in [6.07, 6.45) is 10.9. The number of unbranched alkanes of at least 4 members (excludes halogenated alkanes) is 3. The molecule has 1 atom stereocenters. The number of hydrogen-bond acceptors (Lipinski definition) is 6. The molecule has 6 nitrogen and oxygen atoms in total. The highest BCUT2D eigenvalue weighted by Gasteiger charge is 2.27. The monoisotopic (exact) mass is 495 g/mol. The molecular weight excluding hydrogens is 450 g/mol. The fourth-order valence-electron chi connectivity index (χ4n) is 5.65. The second-order valence-corrected chi connectivity index (χ2v) is 10.4. The zero-order valence-electron chi connectivity index (χ0n) is 22.0. The Morgan fingerprint density at radius 2 is 1.61 bits per heavy atom. The first kappa shape index (κ1) is 26.9. The van der Waals surface area contributed by atoms with Gasteiger partial charge in [-0.3, -0.25) is 15.0 Å². The number of piperazine rings is 1. The van der Waals surface area contributed by atoms with Gasteiger partial charge in [-0.25, -0.2) is 5.06 Å². The molecule has 2 aromatic rings. The second kappa shape index (κ2) is 14.0. The molecule has 36 heavy (non-hydrogen) atoms. The average Bonchev–Trinajstić information content (AvgIpc) is 2.95. The third-order valence-electron chi connectivity index (χ3n) is 7.99. The van der Waals surface area contributed by atoms with E-state index in [4.69, 9.17) is 9.84 Å². The summed E-state index contributed by atoms with van der Waals surface area (Å²) in [4.78, 5) is 5.32. The Labute approximate surface area is 217 Å². The molecule has 1 saturated heterocycles. The first-order chi connectivity index (χ1) is 17.7. The smallest absolute Gasteiger partial charge is 0.121 e. The number of rotatable bonds is 12. The lowest BCUT2D eigenvalue weighted by Crippen LogP contribution is -2.51. The van der Waals surface area contributed by atoms with E-state index in [0.717, 1.165) is 56.3 Å². The van der Waals surface area contributed by atoms with Crippen LogP contribution >= 0.6 is 0 Å². The van der Waals surface area contributed by atoms with Crippen molar-refractivity contribution in [2.45, 2.75) is 76.8 Å². The van der Waals surface area contributed by atoms with Crippen LogP contribution in [0.5, 0.6) is 5.75 Å². The minimum Gasteiger partial charge on any atom is -0.494 e. The molecule has 1 aliphatic heterocycles. The van der Waals surface area contributed by atoms with E-state index in [1.807, 2.05) is 36.4 Å². The van der Waals surface area contributed by atoms with Crippen LogP contribution in [0.25, 0.3) is 0 Å². The Bertz CT molecular complexity index is 893. The molecule has 4 rings (SSSR count). The molecule has 0 radical (unpaired) electrons. The van der Waals surface area contributed by atoms with Gasteiger partial charge in [0.25, 0.3) is 0 Å². The molecule has 6 heteroatoms. The lowest BCUT2D eigenvalue weighted by Gasteiger charge is -2.42. The van der Waals surface area contributed by atoms with Crippen molar-refractivity contribution >= 4 is 11.4 Å². The highest BCUT2D eigenvalue weighted by atomic mass is 16.5. The summed E-state index contributed by atoms with van der Waals surface area (Å²) in [5.41, 5.74) is 2.72. The third kappa shape index (κ3) is 7.45. The van der Waals surface area contributed by atoms with Crippen LogP contribution in [0.2, 0.25) is 0 Å². The highest BCUT2D eigenvalue weighted by molar-refractivity contribution is 5.61. The van der Waals surface area contributed by atoms with E-state index in [-0.39, 0.29) is 6.61 Å². The number of anilines is 2. The molecule has 2 N–H and O–H groups in total. The standard InChI is InChI=1S/C30H45N3O3/c1-25(31-18-20-32(21-19-31)27-10-5-4-6-11-27)26-14-16-28(17-15-26)33(35)29-12-9-13-30(24-29)36-23-8-3-2-7-22-34/h9,12-17,24-25,27,34-35H,2-8,10-11,18-23H2,1H3. The fourth-order valence-corrected chi connectivity index (χ4v) is 5.65. The Balaban J connectivity index is 1.27. The van der Waals surface area contributed by atoms with Gasteiger partial charge in [0.2, 0.25) is 0 Å². The summed E-state index contributed by atoms with van der Waals surface area (Å²) in [6.45, 7) is 7.80. The summed E-state index contributed by atoms with van der Waals surface area (Å²) < 4.78 is 5.87. The van der Waals surface area contributed by atoms with Gasteiger partial charge in [0.1, 0.15) is 5.75 Å². The van der Waals surface area contributed by atoms with Crippen LogP contribution in [-0.4, -0.2) is 65.5 Å². The van der Waals surface area contributed by atoms with Gasteiger partial charge in [0, 0.05) is 50.9 Å². The molecule has 2 aliphatic rings. The minimum absolute atomic E-state index is 0.256. The van der Waals surface area contributed by atoms with E-state index >= 15 is 0 Å². The molecular formula is C30H45N3O3. The number of hydrogen-bond donors (Lipinski definition) is 2. The van der Waals surface area contributed by atoms with Crippen molar-refractivity contribution in [3.63, 3.8) is 0 Å². The molecule has 198 valence electrons. The fraction of sp³-hybridized carbons (Fsp3) is 0.600. The zero-order chi connectivity index (χ0) is 25.2. The van der Waals surface area contributed by atoms with Crippen molar-refractivity contribution in [2.75, 3.05) is 44.5 Å². The Morgan fingerprint density at radius 3 is 2.33 bits per heavy atom. The first-order valence-electron chi connectivity index (χ1n) is 14.1. The molecule has 1 aliphatic carbocycles. The summed E-state index contributed by atoms with van der Waals surface area (Å²) in [5, 5.41) is 20.9. The van der Waals surface area contributed by atoms with E-state index in [9.17, 15) is 5.21 Å². The largest absolute Gasteiger partial charge is 0.494 e. The van der Waals surface area contributed by atoms with Gasteiger partial charge in [-0.1, -0.05) is 43.9 Å². The summed E-state index contributed by atoms with van der Waals surface area (Å²) in [5.74, 6) is 0.756. The number of ether oxygens (including phenoxy) is 1. The van der Waals surface area contributed by atoms with Gasteiger partial charge in [-0.2, -0.15) is 0 Å². The maximum atomic E-state index is 10.9. The van der Waals surface area contributed by atoms with Gasteiger partial charge in [-0.15, -0.1) is 0 Å². The molecule has 0 spiro atoms. The SMILES string of the molecule is CC(c1ccc(N(O)c2cccc(OCCCCCCO)c2)cc1)N1CCN(C2CCCCC2)CC1. The predicted molar refractivity (Wildman–Crippen MR) is 146 cm³/mol. The molecule has 1 heterocycles. The van der Waals surface area contributed by atoms with Crippen molar-refractivity contribution in [1.29, 1.82) is 0 Å². The number of aliphatic hydroxyl groups is 1. The van der Waals surface area contributed by atoms with Crippen molar-refractivity contribution in [3.8, 4) is 5.75 Å². The molecule has 1 unspecified atom stereocenters. The topological polar surface area (TPSA) is 59.4 Å². The maximum absolute atomic E-state index is 10.9. The molecule has 1 saturated carbocycles. The third-order valence-corrected chi connectivity index (χ3v) is 7.99. The van der Waals surface area contributed by atoms with Gasteiger partial charge >= 0.3 is 0 Å². The summed E-state index contributed by atoms with van der Waals surface area (Å²) in [6, 6.07) is 17.0. The van der Waals surface area contributed by atoms with Crippen LogP contribution in [0, 0.1) is 0 Å². The molecule has 0 amide bonds.